The van der Waals surface area contributed by atoms with Gasteiger partial charge in [0.15, 0.2) is 0 Å². The topological polar surface area (TPSA) is 43.4 Å². The van der Waals surface area contributed by atoms with Crippen molar-refractivity contribution in [2.45, 2.75) is 4.90 Å². The molecule has 0 spiro atoms. The molecule has 0 aliphatic heterocycles. The van der Waals surface area contributed by atoms with Gasteiger partial charge in [0.05, 0.1) is 4.90 Å². The molecule has 0 aliphatic carbocycles. The van der Waals surface area contributed by atoms with Crippen LogP contribution in [-0.2, 0) is 14.1 Å². The first-order chi connectivity index (χ1) is 11.2. The van der Waals surface area contributed by atoms with Crippen molar-refractivity contribution in [2.75, 3.05) is 0 Å². The summed E-state index contributed by atoms with van der Waals surface area (Å²) in [5.74, 6) is 0. The molecule has 0 fully saturated rings. The van der Waals surface area contributed by atoms with Crippen LogP contribution in [0, 0.1) is 0 Å². The molecule has 0 saturated heterocycles. The van der Waals surface area contributed by atoms with E-state index in [1.165, 1.54) is 0 Å². The van der Waals surface area contributed by atoms with Crippen LogP contribution in [0.25, 0.3) is 0 Å². The first-order valence-electron chi connectivity index (χ1n) is 7.07. The van der Waals surface area contributed by atoms with E-state index in [4.69, 9.17) is 3.97 Å². The normalized spacial score (nSPS) is 11.0. The molecule has 24 heavy (non-hydrogen) atoms. The zero-order valence-corrected chi connectivity index (χ0v) is 17.0. The molecule has 0 atom stereocenters. The van der Waals surface area contributed by atoms with Crippen molar-refractivity contribution >= 4 is 58.4 Å². The Morgan fingerprint density at radius 1 is 0.625 bits per heavy atom. The van der Waals surface area contributed by atoms with Crippen molar-refractivity contribution in [3.8, 4) is 0 Å². The van der Waals surface area contributed by atoms with Gasteiger partial charge in [0, 0.05) is 40.2 Å². The minimum absolute atomic E-state index is 0. The minimum atomic E-state index is -3.83. The number of benzene rings is 3. The van der Waals surface area contributed by atoms with E-state index < -0.39 is 18.3 Å². The van der Waals surface area contributed by atoms with Gasteiger partial charge in [-0.05, 0) is 12.1 Å². The first-order valence-corrected chi connectivity index (χ1v) is 9.73. The number of hydrogen-bond acceptors (Lipinski definition) is 3. The summed E-state index contributed by atoms with van der Waals surface area (Å²) >= 11 is 0. The molecule has 0 amide bonds. The third kappa shape index (κ3) is 4.76. The smallest absolute Gasteiger partial charge is 0.234 e. The molecule has 1 radical (unpaired) electrons. The van der Waals surface area contributed by atoms with Crippen LogP contribution in [0.1, 0.15) is 0 Å². The van der Waals surface area contributed by atoms with Crippen LogP contribution >= 0.6 is 8.15 Å². The SMILES string of the molecule is O=S(=O)(OP(c1ccccc1)c1ccccc1)c1ccccc1.[Na]. The second kappa shape index (κ2) is 8.91. The fraction of sp³-hybridized carbons (Fsp3) is 0. The molecule has 6 heteroatoms. The molecular formula is C18H15NaO3PS. The zero-order valence-electron chi connectivity index (χ0n) is 13.2. The van der Waals surface area contributed by atoms with Gasteiger partial charge in [0.2, 0.25) is 0 Å². The fourth-order valence-electron chi connectivity index (χ4n) is 2.09. The monoisotopic (exact) mass is 365 g/mol. The van der Waals surface area contributed by atoms with E-state index in [1.54, 1.807) is 30.3 Å². The molecule has 0 bridgehead atoms. The Morgan fingerprint density at radius 3 is 1.42 bits per heavy atom. The summed E-state index contributed by atoms with van der Waals surface area (Å²) in [4.78, 5) is 0.166. The molecule has 3 aromatic rings. The standard InChI is InChI=1S/C18H15O3PS.Na/c19-23(20,18-14-8-3-9-15-18)21-22(16-10-4-1-5-11-16)17-12-6-2-7-13-17;/h1-15H;. The zero-order chi connectivity index (χ0) is 16.1. The van der Waals surface area contributed by atoms with Crippen LogP contribution in [0.5, 0.6) is 0 Å². The quantitative estimate of drug-likeness (QED) is 0.516. The Morgan fingerprint density at radius 2 is 1.00 bits per heavy atom. The van der Waals surface area contributed by atoms with E-state index in [0.717, 1.165) is 10.6 Å². The fourth-order valence-corrected chi connectivity index (χ4v) is 5.58. The maximum Gasteiger partial charge on any atom is 0.300 e. The Bertz CT molecular complexity index is 817. The van der Waals surface area contributed by atoms with Crippen molar-refractivity contribution in [1.29, 1.82) is 0 Å². The van der Waals surface area contributed by atoms with E-state index in [-0.39, 0.29) is 34.5 Å². The molecule has 3 rings (SSSR count). The van der Waals surface area contributed by atoms with E-state index in [9.17, 15) is 8.42 Å². The molecule has 3 aromatic carbocycles. The predicted molar refractivity (Wildman–Crippen MR) is 99.5 cm³/mol. The Labute approximate surface area is 165 Å². The van der Waals surface area contributed by atoms with Crippen LogP contribution in [-0.4, -0.2) is 38.0 Å². The van der Waals surface area contributed by atoms with Gasteiger partial charge in [-0.1, -0.05) is 78.9 Å². The van der Waals surface area contributed by atoms with E-state index in [0.29, 0.717) is 0 Å². The van der Waals surface area contributed by atoms with Gasteiger partial charge in [-0.25, -0.2) is 3.97 Å². The van der Waals surface area contributed by atoms with E-state index in [1.807, 2.05) is 60.7 Å². The Balaban J connectivity index is 0.00000208. The summed E-state index contributed by atoms with van der Waals surface area (Å²) in [5, 5.41) is 1.71. The predicted octanol–water partition coefficient (Wildman–Crippen LogP) is 3.06. The maximum atomic E-state index is 12.6. The van der Waals surface area contributed by atoms with Crippen LogP contribution in [0.2, 0.25) is 0 Å². The molecule has 0 heterocycles. The van der Waals surface area contributed by atoms with Gasteiger partial charge < -0.3 is 0 Å². The second-order valence-corrected chi connectivity index (χ2v) is 8.40. The third-order valence-corrected chi connectivity index (χ3v) is 6.95. The van der Waals surface area contributed by atoms with Crippen LogP contribution in [0.4, 0.5) is 0 Å². The molecule has 117 valence electrons. The summed E-state index contributed by atoms with van der Waals surface area (Å²) in [5.41, 5.74) is 0. The van der Waals surface area contributed by atoms with Crippen molar-refractivity contribution in [2.24, 2.45) is 0 Å². The Hall–Kier alpha value is -1.000. The average Bonchev–Trinajstić information content (AvgIpc) is 2.62. The summed E-state index contributed by atoms with van der Waals surface area (Å²) in [6.07, 6.45) is 0. The summed E-state index contributed by atoms with van der Waals surface area (Å²) in [7, 11) is -5.28. The van der Waals surface area contributed by atoms with E-state index >= 15 is 0 Å². The van der Waals surface area contributed by atoms with Gasteiger partial charge in [0.25, 0.3) is 0 Å². The van der Waals surface area contributed by atoms with Gasteiger partial charge in [-0.15, -0.1) is 0 Å². The van der Waals surface area contributed by atoms with Gasteiger partial charge >= 0.3 is 10.1 Å². The van der Waals surface area contributed by atoms with Crippen molar-refractivity contribution < 1.29 is 12.4 Å². The minimum Gasteiger partial charge on any atom is -0.234 e. The third-order valence-electron chi connectivity index (χ3n) is 3.19. The molecule has 3 nitrogen and oxygen atoms in total. The number of hydrogen-bond donors (Lipinski definition) is 0. The summed E-state index contributed by atoms with van der Waals surface area (Å²) in [6.45, 7) is 0. The van der Waals surface area contributed by atoms with Crippen molar-refractivity contribution in [3.05, 3.63) is 91.0 Å². The summed E-state index contributed by atoms with van der Waals surface area (Å²) in [6, 6.07) is 27.1. The van der Waals surface area contributed by atoms with Crippen molar-refractivity contribution in [3.63, 3.8) is 0 Å². The maximum absolute atomic E-state index is 12.6. The van der Waals surface area contributed by atoms with Crippen LogP contribution in [0.15, 0.2) is 95.9 Å². The largest absolute Gasteiger partial charge is 0.300 e. The molecule has 0 saturated carbocycles. The first kappa shape index (κ1) is 19.3. The molecule has 0 aromatic heterocycles. The van der Waals surface area contributed by atoms with Crippen LogP contribution < -0.4 is 10.6 Å². The molecular weight excluding hydrogens is 350 g/mol. The van der Waals surface area contributed by atoms with Gasteiger partial charge in [-0.3, -0.25) is 0 Å². The average molecular weight is 365 g/mol. The summed E-state index contributed by atoms with van der Waals surface area (Å²) < 4.78 is 30.8. The van der Waals surface area contributed by atoms with Gasteiger partial charge in [-0.2, -0.15) is 8.42 Å². The van der Waals surface area contributed by atoms with Gasteiger partial charge in [0.1, 0.15) is 8.15 Å². The van der Waals surface area contributed by atoms with E-state index in [2.05, 4.69) is 0 Å². The van der Waals surface area contributed by atoms with Crippen LogP contribution in [0.3, 0.4) is 0 Å². The number of rotatable bonds is 5. The van der Waals surface area contributed by atoms with Crippen molar-refractivity contribution in [1.82, 2.24) is 0 Å². The Kier molecular flexibility index (Phi) is 7.17. The molecule has 0 unspecified atom stereocenters. The molecule has 0 aliphatic rings. The second-order valence-electron chi connectivity index (χ2n) is 4.81. The molecule has 0 N–H and O–H groups in total.